The average Bonchev–Trinajstić information content (AvgIpc) is 2.37. The van der Waals surface area contributed by atoms with Crippen molar-refractivity contribution in [2.24, 2.45) is 0 Å². The second-order valence-electron chi connectivity index (χ2n) is 4.67. The first-order chi connectivity index (χ1) is 9.13. The summed E-state index contributed by atoms with van der Waals surface area (Å²) in [7, 11) is 0. The fraction of sp³-hybridized carbons (Fsp3) is 0.200. The van der Waals surface area contributed by atoms with Gasteiger partial charge in [0.1, 0.15) is 11.9 Å². The summed E-state index contributed by atoms with van der Waals surface area (Å²) in [4.78, 5) is 0. The van der Waals surface area contributed by atoms with E-state index in [-0.39, 0.29) is 12.1 Å². The maximum absolute atomic E-state index is 6.06. The number of hydrogen-bond donors (Lipinski definition) is 1. The molecule has 0 aliphatic carbocycles. The van der Waals surface area contributed by atoms with E-state index in [1.807, 2.05) is 42.5 Å². The summed E-state index contributed by atoms with van der Waals surface area (Å²) in [6.45, 7) is 2.08. The van der Waals surface area contributed by atoms with Crippen LogP contribution in [0.15, 0.2) is 42.5 Å². The van der Waals surface area contributed by atoms with Crippen LogP contribution in [0, 0.1) is 0 Å². The number of benzene rings is 2. The zero-order valence-electron chi connectivity index (χ0n) is 10.4. The summed E-state index contributed by atoms with van der Waals surface area (Å²) in [5.41, 5.74) is 1.99. The number of halogens is 2. The van der Waals surface area contributed by atoms with Crippen molar-refractivity contribution >= 4 is 28.9 Å². The van der Waals surface area contributed by atoms with Gasteiger partial charge in [-0.3, -0.25) is 0 Å². The Labute approximate surface area is 122 Å². The lowest BCUT2D eigenvalue weighted by Crippen LogP contribution is -2.32. The van der Waals surface area contributed by atoms with Gasteiger partial charge in [0.05, 0.1) is 11.7 Å². The fourth-order valence-electron chi connectivity index (χ4n) is 2.32. The van der Waals surface area contributed by atoms with Crippen LogP contribution in [-0.2, 0) is 0 Å². The molecule has 0 aromatic heterocycles. The van der Waals surface area contributed by atoms with Crippen LogP contribution in [0.25, 0.3) is 0 Å². The van der Waals surface area contributed by atoms with Gasteiger partial charge in [-0.25, -0.2) is 0 Å². The largest absolute Gasteiger partial charge is 0.481 e. The molecule has 98 valence electrons. The Morgan fingerprint density at radius 3 is 2.63 bits per heavy atom. The van der Waals surface area contributed by atoms with Crippen LogP contribution in [0.4, 0.5) is 5.69 Å². The van der Waals surface area contributed by atoms with Gasteiger partial charge in [-0.2, -0.15) is 0 Å². The minimum Gasteiger partial charge on any atom is -0.481 e. The van der Waals surface area contributed by atoms with Crippen molar-refractivity contribution in [3.8, 4) is 5.75 Å². The standard InChI is InChI=1S/C15H13Cl2NO/c1-9-15(10-3-2-4-11(16)7-10)19-14-6-5-12(17)8-13(14)18-9/h2-9,15,18H,1H3. The first kappa shape index (κ1) is 12.6. The zero-order chi connectivity index (χ0) is 13.4. The summed E-state index contributed by atoms with van der Waals surface area (Å²) < 4.78 is 6.06. The monoisotopic (exact) mass is 293 g/mol. The van der Waals surface area contributed by atoms with Gasteiger partial charge >= 0.3 is 0 Å². The lowest BCUT2D eigenvalue weighted by Gasteiger charge is -2.33. The maximum atomic E-state index is 6.06. The Kier molecular flexibility index (Phi) is 3.29. The van der Waals surface area contributed by atoms with E-state index in [4.69, 9.17) is 27.9 Å². The quantitative estimate of drug-likeness (QED) is 0.805. The summed E-state index contributed by atoms with van der Waals surface area (Å²) in [6, 6.07) is 13.5. The molecule has 2 nitrogen and oxygen atoms in total. The Bertz CT molecular complexity index is 615. The summed E-state index contributed by atoms with van der Waals surface area (Å²) >= 11 is 12.0. The first-order valence-electron chi connectivity index (χ1n) is 6.12. The van der Waals surface area contributed by atoms with E-state index in [0.717, 1.165) is 22.0 Å². The molecule has 0 saturated heterocycles. The van der Waals surface area contributed by atoms with Crippen LogP contribution in [0.1, 0.15) is 18.6 Å². The highest BCUT2D eigenvalue weighted by Crippen LogP contribution is 2.39. The molecule has 0 radical (unpaired) electrons. The summed E-state index contributed by atoms with van der Waals surface area (Å²) in [5, 5.41) is 4.83. The Hall–Kier alpha value is -1.38. The number of nitrogens with one attached hydrogen (secondary N) is 1. The van der Waals surface area contributed by atoms with Crippen molar-refractivity contribution in [2.75, 3.05) is 5.32 Å². The van der Waals surface area contributed by atoms with Gasteiger partial charge in [0.2, 0.25) is 0 Å². The lowest BCUT2D eigenvalue weighted by atomic mass is 10.0. The molecule has 4 heteroatoms. The van der Waals surface area contributed by atoms with Crippen molar-refractivity contribution < 1.29 is 4.74 Å². The molecular formula is C15H13Cl2NO. The SMILES string of the molecule is CC1Nc2cc(Cl)ccc2OC1c1cccc(Cl)c1. The molecule has 1 heterocycles. The van der Waals surface area contributed by atoms with Crippen LogP contribution in [0.3, 0.4) is 0 Å². The van der Waals surface area contributed by atoms with E-state index in [1.54, 1.807) is 0 Å². The third-order valence-corrected chi connectivity index (χ3v) is 3.68. The Morgan fingerprint density at radius 2 is 1.84 bits per heavy atom. The number of rotatable bonds is 1. The van der Waals surface area contributed by atoms with Crippen LogP contribution >= 0.6 is 23.2 Å². The van der Waals surface area contributed by atoms with Crippen molar-refractivity contribution in [1.82, 2.24) is 0 Å². The Balaban J connectivity index is 1.95. The molecular weight excluding hydrogens is 281 g/mol. The fourth-order valence-corrected chi connectivity index (χ4v) is 2.69. The van der Waals surface area contributed by atoms with Gasteiger partial charge in [-0.15, -0.1) is 0 Å². The molecule has 0 amide bonds. The predicted molar refractivity (Wildman–Crippen MR) is 79.4 cm³/mol. The maximum Gasteiger partial charge on any atom is 0.144 e. The van der Waals surface area contributed by atoms with Crippen LogP contribution in [0.2, 0.25) is 10.0 Å². The average molecular weight is 294 g/mol. The van der Waals surface area contributed by atoms with E-state index >= 15 is 0 Å². The molecule has 0 saturated carbocycles. The van der Waals surface area contributed by atoms with Crippen molar-refractivity contribution in [3.63, 3.8) is 0 Å². The van der Waals surface area contributed by atoms with Crippen LogP contribution in [0.5, 0.6) is 5.75 Å². The molecule has 2 atom stereocenters. The van der Waals surface area contributed by atoms with E-state index in [2.05, 4.69) is 12.2 Å². The number of fused-ring (bicyclic) bond motifs is 1. The van der Waals surface area contributed by atoms with Gasteiger partial charge in [0, 0.05) is 10.0 Å². The molecule has 2 aromatic rings. The summed E-state index contributed by atoms with van der Waals surface area (Å²) in [5.74, 6) is 0.812. The molecule has 3 rings (SSSR count). The van der Waals surface area contributed by atoms with E-state index in [9.17, 15) is 0 Å². The smallest absolute Gasteiger partial charge is 0.144 e. The van der Waals surface area contributed by atoms with Gasteiger partial charge in [-0.1, -0.05) is 35.3 Å². The molecule has 1 N–H and O–H groups in total. The minimum absolute atomic E-state index is 0.0626. The first-order valence-corrected chi connectivity index (χ1v) is 6.87. The predicted octanol–water partition coefficient (Wildman–Crippen LogP) is 4.93. The second-order valence-corrected chi connectivity index (χ2v) is 5.54. The summed E-state index contributed by atoms with van der Waals surface area (Å²) in [6.07, 6.45) is -0.0626. The normalized spacial score (nSPS) is 21.2. The zero-order valence-corrected chi connectivity index (χ0v) is 11.9. The molecule has 2 unspecified atom stereocenters. The van der Waals surface area contributed by atoms with E-state index < -0.39 is 0 Å². The third-order valence-electron chi connectivity index (χ3n) is 3.21. The molecule has 19 heavy (non-hydrogen) atoms. The van der Waals surface area contributed by atoms with Crippen LogP contribution in [-0.4, -0.2) is 6.04 Å². The lowest BCUT2D eigenvalue weighted by molar-refractivity contribution is 0.177. The minimum atomic E-state index is -0.0626. The highest BCUT2D eigenvalue weighted by atomic mass is 35.5. The van der Waals surface area contributed by atoms with Gasteiger partial charge in [0.15, 0.2) is 0 Å². The van der Waals surface area contributed by atoms with Crippen molar-refractivity contribution in [1.29, 1.82) is 0 Å². The van der Waals surface area contributed by atoms with Crippen molar-refractivity contribution in [3.05, 3.63) is 58.1 Å². The molecule has 1 aliphatic heterocycles. The van der Waals surface area contributed by atoms with Gasteiger partial charge in [0.25, 0.3) is 0 Å². The highest BCUT2D eigenvalue weighted by Gasteiger charge is 2.27. The topological polar surface area (TPSA) is 21.3 Å². The van der Waals surface area contributed by atoms with E-state index in [0.29, 0.717) is 5.02 Å². The number of hydrogen-bond acceptors (Lipinski definition) is 2. The number of ether oxygens (including phenoxy) is 1. The van der Waals surface area contributed by atoms with Gasteiger partial charge in [-0.05, 0) is 42.8 Å². The third kappa shape index (κ3) is 2.51. The molecule has 0 bridgehead atoms. The molecule has 1 aliphatic rings. The van der Waals surface area contributed by atoms with Gasteiger partial charge < -0.3 is 10.1 Å². The number of anilines is 1. The van der Waals surface area contributed by atoms with Crippen molar-refractivity contribution in [2.45, 2.75) is 19.1 Å². The highest BCUT2D eigenvalue weighted by molar-refractivity contribution is 6.31. The second kappa shape index (κ2) is 4.95. The van der Waals surface area contributed by atoms with Crippen LogP contribution < -0.4 is 10.1 Å². The molecule has 2 aromatic carbocycles. The van der Waals surface area contributed by atoms with E-state index in [1.165, 1.54) is 0 Å². The Morgan fingerprint density at radius 1 is 1.05 bits per heavy atom. The molecule has 0 spiro atoms. The molecule has 0 fully saturated rings.